The number of halogens is 1. The molecule has 23 heavy (non-hydrogen) atoms. The van der Waals surface area contributed by atoms with Crippen molar-refractivity contribution in [3.63, 3.8) is 0 Å². The number of ether oxygens (including phenoxy) is 2. The van der Waals surface area contributed by atoms with Crippen molar-refractivity contribution < 1.29 is 14.3 Å². The third-order valence-corrected chi connectivity index (χ3v) is 3.82. The molecule has 1 heterocycles. The van der Waals surface area contributed by atoms with Crippen molar-refractivity contribution in [2.24, 2.45) is 0 Å². The van der Waals surface area contributed by atoms with Gasteiger partial charge in [0.1, 0.15) is 22.8 Å². The predicted octanol–water partition coefficient (Wildman–Crippen LogP) is 3.55. The van der Waals surface area contributed by atoms with E-state index in [1.807, 2.05) is 24.3 Å². The second-order valence-corrected chi connectivity index (χ2v) is 5.36. The maximum atomic E-state index is 11.6. The van der Waals surface area contributed by atoms with Crippen LogP contribution >= 0.6 is 11.6 Å². The first kappa shape index (κ1) is 15.4. The van der Waals surface area contributed by atoms with E-state index in [2.05, 4.69) is 9.97 Å². The Bertz CT molecular complexity index is 856. The van der Waals surface area contributed by atoms with Crippen LogP contribution in [-0.2, 0) is 6.42 Å². The molecule has 0 atom stereocenters. The minimum atomic E-state index is -0.530. The van der Waals surface area contributed by atoms with Crippen LogP contribution in [0.4, 0.5) is 0 Å². The molecule has 1 aromatic heterocycles. The molecule has 0 radical (unpaired) electrons. The van der Waals surface area contributed by atoms with Crippen molar-refractivity contribution in [3.8, 4) is 11.5 Å². The highest BCUT2D eigenvalue weighted by molar-refractivity contribution is 6.68. The normalized spacial score (nSPS) is 10.7. The zero-order chi connectivity index (χ0) is 16.4. The molecule has 0 unspecified atom stereocenters. The number of H-pyrrole nitrogens is 1. The number of nitrogens with zero attached hydrogens (tertiary/aromatic N) is 1. The average molecular weight is 331 g/mol. The van der Waals surface area contributed by atoms with Gasteiger partial charge in [0.15, 0.2) is 0 Å². The highest BCUT2D eigenvalue weighted by Gasteiger charge is 2.16. The molecule has 0 saturated heterocycles. The molecule has 5 nitrogen and oxygen atoms in total. The van der Waals surface area contributed by atoms with E-state index in [4.69, 9.17) is 21.1 Å². The van der Waals surface area contributed by atoms with Crippen LogP contribution in [0.2, 0.25) is 0 Å². The van der Waals surface area contributed by atoms with Gasteiger partial charge >= 0.3 is 0 Å². The first-order valence-corrected chi connectivity index (χ1v) is 7.38. The van der Waals surface area contributed by atoms with Gasteiger partial charge in [-0.1, -0.05) is 12.1 Å². The molecule has 0 bridgehead atoms. The fourth-order valence-corrected chi connectivity index (χ4v) is 2.62. The first-order valence-electron chi connectivity index (χ1n) is 7.00. The van der Waals surface area contributed by atoms with E-state index >= 15 is 0 Å². The molecule has 2 aromatic carbocycles. The highest BCUT2D eigenvalue weighted by atomic mass is 35.5. The summed E-state index contributed by atoms with van der Waals surface area (Å²) in [7, 11) is 3.19. The molecule has 0 saturated carbocycles. The Morgan fingerprint density at radius 3 is 2.48 bits per heavy atom. The minimum Gasteiger partial charge on any atom is -0.497 e. The lowest BCUT2D eigenvalue weighted by molar-refractivity contribution is 0.108. The van der Waals surface area contributed by atoms with Gasteiger partial charge in [-0.25, -0.2) is 4.98 Å². The Kier molecular flexibility index (Phi) is 4.21. The topological polar surface area (TPSA) is 64.2 Å². The Labute approximate surface area is 138 Å². The van der Waals surface area contributed by atoms with Gasteiger partial charge in [0, 0.05) is 6.42 Å². The number of imidazole rings is 1. The maximum absolute atomic E-state index is 11.6. The van der Waals surface area contributed by atoms with Crippen molar-refractivity contribution in [3.05, 3.63) is 53.3 Å². The quantitative estimate of drug-likeness (QED) is 0.727. The Morgan fingerprint density at radius 2 is 1.87 bits per heavy atom. The van der Waals surface area contributed by atoms with Gasteiger partial charge in [-0.3, -0.25) is 4.79 Å². The van der Waals surface area contributed by atoms with Crippen LogP contribution in [0.25, 0.3) is 11.0 Å². The second kappa shape index (κ2) is 6.30. The number of methoxy groups -OCH3 is 2. The lowest BCUT2D eigenvalue weighted by Gasteiger charge is -2.02. The highest BCUT2D eigenvalue weighted by Crippen LogP contribution is 2.28. The SMILES string of the molecule is COc1ccc(Cc2nc3c(OC)ccc(C(=O)Cl)c3[nH]2)cc1. The molecule has 0 fully saturated rings. The summed E-state index contributed by atoms with van der Waals surface area (Å²) in [6.07, 6.45) is 0.595. The van der Waals surface area contributed by atoms with Crippen molar-refractivity contribution in [1.82, 2.24) is 9.97 Å². The fraction of sp³-hybridized carbons (Fsp3) is 0.176. The molecule has 0 aliphatic heterocycles. The molecular weight excluding hydrogens is 316 g/mol. The largest absolute Gasteiger partial charge is 0.497 e. The molecule has 0 spiro atoms. The number of fused-ring (bicyclic) bond motifs is 1. The summed E-state index contributed by atoms with van der Waals surface area (Å²) in [5, 5.41) is -0.530. The lowest BCUT2D eigenvalue weighted by Crippen LogP contribution is -1.93. The number of benzene rings is 2. The van der Waals surface area contributed by atoms with Gasteiger partial charge in [-0.05, 0) is 41.4 Å². The van der Waals surface area contributed by atoms with Crippen molar-refractivity contribution in [2.75, 3.05) is 14.2 Å². The van der Waals surface area contributed by atoms with E-state index in [9.17, 15) is 4.79 Å². The molecule has 1 N–H and O–H groups in total. The first-order chi connectivity index (χ1) is 11.1. The van der Waals surface area contributed by atoms with Gasteiger partial charge in [0.2, 0.25) is 0 Å². The summed E-state index contributed by atoms with van der Waals surface area (Å²) in [6.45, 7) is 0. The van der Waals surface area contributed by atoms with Crippen LogP contribution in [0.3, 0.4) is 0 Å². The number of hydrogen-bond acceptors (Lipinski definition) is 4. The fourth-order valence-electron chi connectivity index (χ4n) is 2.47. The van der Waals surface area contributed by atoms with Crippen LogP contribution in [0.5, 0.6) is 11.5 Å². The van der Waals surface area contributed by atoms with Crippen LogP contribution in [0, 0.1) is 0 Å². The molecule has 3 rings (SSSR count). The monoisotopic (exact) mass is 330 g/mol. The van der Waals surface area contributed by atoms with Crippen LogP contribution in [0.1, 0.15) is 21.7 Å². The summed E-state index contributed by atoms with van der Waals surface area (Å²) in [5.74, 6) is 2.13. The van der Waals surface area contributed by atoms with Gasteiger partial charge in [-0.15, -0.1) is 0 Å². The third-order valence-electron chi connectivity index (χ3n) is 3.62. The number of aromatic nitrogens is 2. The number of carbonyl (C=O) groups excluding carboxylic acids is 1. The second-order valence-electron chi connectivity index (χ2n) is 5.02. The predicted molar refractivity (Wildman–Crippen MR) is 88.6 cm³/mol. The van der Waals surface area contributed by atoms with Crippen LogP contribution in [0.15, 0.2) is 36.4 Å². The smallest absolute Gasteiger partial charge is 0.254 e. The molecular formula is C17H15ClN2O3. The molecule has 6 heteroatoms. The van der Waals surface area contributed by atoms with E-state index in [1.165, 1.54) is 0 Å². The van der Waals surface area contributed by atoms with Crippen molar-refractivity contribution in [1.29, 1.82) is 0 Å². The number of rotatable bonds is 5. The van der Waals surface area contributed by atoms with Crippen LogP contribution < -0.4 is 9.47 Å². The van der Waals surface area contributed by atoms with E-state index in [-0.39, 0.29) is 0 Å². The Hall–Kier alpha value is -2.53. The van der Waals surface area contributed by atoms with E-state index in [1.54, 1.807) is 26.4 Å². The van der Waals surface area contributed by atoms with Gasteiger partial charge < -0.3 is 14.5 Å². The van der Waals surface area contributed by atoms with Crippen molar-refractivity contribution >= 4 is 27.9 Å². The summed E-state index contributed by atoms with van der Waals surface area (Å²) in [6, 6.07) is 11.0. The Balaban J connectivity index is 2.01. The average Bonchev–Trinajstić information content (AvgIpc) is 2.97. The summed E-state index contributed by atoms with van der Waals surface area (Å²) >= 11 is 5.64. The summed E-state index contributed by atoms with van der Waals surface area (Å²) in [4.78, 5) is 19.3. The molecule has 3 aromatic rings. The molecule has 118 valence electrons. The number of carbonyl (C=O) groups is 1. The standard InChI is InChI=1S/C17H15ClN2O3/c1-22-11-5-3-10(4-6-11)9-14-19-15-12(17(18)21)7-8-13(23-2)16(15)20-14/h3-8H,9H2,1-2H3,(H,19,20). The van der Waals surface area contributed by atoms with E-state index < -0.39 is 5.24 Å². The van der Waals surface area contributed by atoms with Gasteiger partial charge in [0.25, 0.3) is 5.24 Å². The number of hydrogen-bond donors (Lipinski definition) is 1. The maximum Gasteiger partial charge on any atom is 0.254 e. The number of aromatic amines is 1. The van der Waals surface area contributed by atoms with Gasteiger partial charge in [-0.2, -0.15) is 0 Å². The van der Waals surface area contributed by atoms with E-state index in [0.717, 1.165) is 17.1 Å². The summed E-state index contributed by atoms with van der Waals surface area (Å²) in [5.41, 5.74) is 2.65. The minimum absolute atomic E-state index is 0.385. The molecule has 0 amide bonds. The third kappa shape index (κ3) is 3.00. The van der Waals surface area contributed by atoms with E-state index in [0.29, 0.717) is 28.8 Å². The lowest BCUT2D eigenvalue weighted by atomic mass is 10.1. The molecule has 0 aliphatic rings. The zero-order valence-corrected chi connectivity index (χ0v) is 13.5. The zero-order valence-electron chi connectivity index (χ0n) is 12.7. The van der Waals surface area contributed by atoms with Gasteiger partial charge in [0.05, 0.1) is 25.3 Å². The van der Waals surface area contributed by atoms with Crippen LogP contribution in [-0.4, -0.2) is 29.4 Å². The Morgan fingerprint density at radius 1 is 1.13 bits per heavy atom. The van der Waals surface area contributed by atoms with Crippen molar-refractivity contribution in [2.45, 2.75) is 6.42 Å². The number of nitrogens with one attached hydrogen (secondary N) is 1. The molecule has 0 aliphatic carbocycles. The summed E-state index contributed by atoms with van der Waals surface area (Å²) < 4.78 is 10.5.